The van der Waals surface area contributed by atoms with Crippen molar-refractivity contribution in [2.45, 2.75) is 0 Å². The Morgan fingerprint density at radius 1 is 0.226 bits per heavy atom. The minimum Gasteiger partial charge on any atom is -0.278 e. The lowest BCUT2D eigenvalue weighted by Gasteiger charge is -2.13. The van der Waals surface area contributed by atoms with Gasteiger partial charge in [0.1, 0.15) is 0 Å². The topological polar surface area (TPSA) is 48.5 Å². The summed E-state index contributed by atoms with van der Waals surface area (Å²) in [6.45, 7) is 0. The second kappa shape index (κ2) is 14.7. The maximum absolute atomic E-state index is 5.29. The molecule has 62 heavy (non-hydrogen) atoms. The quantitative estimate of drug-likeness (QED) is 0.162. The first-order valence-electron chi connectivity index (χ1n) is 20.9. The van der Waals surface area contributed by atoms with E-state index in [-0.39, 0.29) is 0 Å². The van der Waals surface area contributed by atoms with Gasteiger partial charge in [0.2, 0.25) is 11.9 Å². The highest BCUT2D eigenvalue weighted by molar-refractivity contribution is 6.10. The molecule has 9 aromatic carbocycles. The molecule has 5 heteroatoms. The third-order valence-electron chi connectivity index (χ3n) is 12.0. The lowest BCUT2D eigenvalue weighted by atomic mass is 9.92. The summed E-state index contributed by atoms with van der Waals surface area (Å²) in [5.41, 5.74) is 14.5. The summed E-state index contributed by atoms with van der Waals surface area (Å²) < 4.78 is 4.34. The average molecular weight is 792 g/mol. The van der Waals surface area contributed by atoms with E-state index >= 15 is 0 Å². The second-order valence-corrected chi connectivity index (χ2v) is 15.7. The predicted molar refractivity (Wildman–Crippen MR) is 256 cm³/mol. The summed E-state index contributed by atoms with van der Waals surface area (Å²) in [7, 11) is 0. The molecular weight excluding hydrogens is 755 g/mol. The summed E-state index contributed by atoms with van der Waals surface area (Å²) in [5, 5.41) is 4.61. The molecule has 290 valence electrons. The number of rotatable bonds is 7. The summed E-state index contributed by atoms with van der Waals surface area (Å²) >= 11 is 0. The van der Waals surface area contributed by atoms with Crippen LogP contribution in [0, 0.1) is 0 Å². The third kappa shape index (κ3) is 6.06. The largest absolute Gasteiger partial charge is 0.278 e. The molecule has 0 N–H and O–H groups in total. The lowest BCUT2D eigenvalue weighted by molar-refractivity contribution is 0.893. The van der Waals surface area contributed by atoms with Crippen LogP contribution in [0.3, 0.4) is 0 Å². The van der Waals surface area contributed by atoms with Crippen molar-refractivity contribution in [3.05, 3.63) is 224 Å². The highest BCUT2D eigenvalue weighted by Gasteiger charge is 2.20. The van der Waals surface area contributed by atoms with Crippen LogP contribution in [0.15, 0.2) is 224 Å². The molecule has 0 aliphatic heterocycles. The van der Waals surface area contributed by atoms with Crippen molar-refractivity contribution in [2.75, 3.05) is 0 Å². The molecule has 0 spiro atoms. The molecule has 5 nitrogen and oxygen atoms in total. The summed E-state index contributed by atoms with van der Waals surface area (Å²) in [4.78, 5) is 15.8. The monoisotopic (exact) mass is 791 g/mol. The third-order valence-corrected chi connectivity index (χ3v) is 12.0. The Morgan fingerprint density at radius 3 is 0.855 bits per heavy atom. The maximum atomic E-state index is 5.29. The number of nitrogens with zero attached hydrogens (tertiary/aromatic N) is 5. The Labute approximate surface area is 358 Å². The lowest BCUT2D eigenvalue weighted by Crippen LogP contribution is -2.10. The van der Waals surface area contributed by atoms with Crippen LogP contribution in [0.1, 0.15) is 0 Å². The highest BCUT2D eigenvalue weighted by atomic mass is 15.3. The van der Waals surface area contributed by atoms with Crippen LogP contribution in [0.2, 0.25) is 0 Å². The van der Waals surface area contributed by atoms with Crippen LogP contribution in [0.5, 0.6) is 0 Å². The van der Waals surface area contributed by atoms with Crippen molar-refractivity contribution in [1.82, 2.24) is 24.1 Å². The summed E-state index contributed by atoms with van der Waals surface area (Å²) in [6.07, 6.45) is 0. The number of fused-ring (bicyclic) bond motifs is 6. The van der Waals surface area contributed by atoms with E-state index in [1.54, 1.807) is 0 Å². The first kappa shape index (κ1) is 35.5. The van der Waals surface area contributed by atoms with Gasteiger partial charge in [-0.25, -0.2) is 0 Å². The fraction of sp³-hybridized carbons (Fsp3) is 0. The molecule has 0 atom stereocenters. The van der Waals surface area contributed by atoms with Crippen LogP contribution in [-0.2, 0) is 0 Å². The van der Waals surface area contributed by atoms with Gasteiger partial charge in [-0.1, -0.05) is 182 Å². The molecule has 0 saturated carbocycles. The van der Waals surface area contributed by atoms with E-state index in [4.69, 9.17) is 15.0 Å². The molecule has 0 aliphatic carbocycles. The van der Waals surface area contributed by atoms with E-state index in [1.807, 2.05) is 0 Å². The van der Waals surface area contributed by atoms with Crippen molar-refractivity contribution in [2.24, 2.45) is 0 Å². The Balaban J connectivity index is 0.958. The molecule has 3 aromatic heterocycles. The Bertz CT molecular complexity index is 3310. The smallest absolute Gasteiger partial charge is 0.240 e. The molecule has 0 unspecified atom stereocenters. The maximum Gasteiger partial charge on any atom is 0.240 e. The summed E-state index contributed by atoms with van der Waals surface area (Å²) in [6, 6.07) is 79.4. The molecular formula is C57H37N5. The van der Waals surface area contributed by atoms with E-state index in [1.165, 1.54) is 33.4 Å². The van der Waals surface area contributed by atoms with Crippen LogP contribution in [0.25, 0.3) is 111 Å². The zero-order valence-corrected chi connectivity index (χ0v) is 33.6. The number of benzene rings is 9. The van der Waals surface area contributed by atoms with Gasteiger partial charge >= 0.3 is 0 Å². The Hall–Kier alpha value is -8.41. The van der Waals surface area contributed by atoms with Gasteiger partial charge in [-0.15, -0.1) is 0 Å². The van der Waals surface area contributed by atoms with Gasteiger partial charge in [0, 0.05) is 27.1 Å². The zero-order valence-electron chi connectivity index (χ0n) is 33.6. The van der Waals surface area contributed by atoms with Crippen molar-refractivity contribution >= 4 is 43.6 Å². The number of aromatic nitrogens is 5. The van der Waals surface area contributed by atoms with Gasteiger partial charge in [-0.05, 0) is 87.0 Å². The molecule has 0 radical (unpaired) electrons. The first-order valence-corrected chi connectivity index (χ1v) is 20.9. The fourth-order valence-electron chi connectivity index (χ4n) is 9.01. The molecule has 12 rings (SSSR count). The summed E-state index contributed by atoms with van der Waals surface area (Å²) in [5.74, 6) is 1.73. The fourth-order valence-corrected chi connectivity index (χ4v) is 9.01. The molecule has 12 aromatic rings. The average Bonchev–Trinajstić information content (AvgIpc) is 3.88. The van der Waals surface area contributed by atoms with Crippen LogP contribution in [-0.4, -0.2) is 24.1 Å². The second-order valence-electron chi connectivity index (χ2n) is 15.7. The van der Waals surface area contributed by atoms with Gasteiger partial charge in [-0.3, -0.25) is 9.13 Å². The van der Waals surface area contributed by atoms with Gasteiger partial charge in [0.05, 0.1) is 22.1 Å². The van der Waals surface area contributed by atoms with Crippen LogP contribution >= 0.6 is 0 Å². The van der Waals surface area contributed by atoms with Gasteiger partial charge in [0.15, 0.2) is 5.82 Å². The van der Waals surface area contributed by atoms with E-state index in [9.17, 15) is 0 Å². The normalized spacial score (nSPS) is 11.5. The SMILES string of the molecule is c1ccc(-c2cc(-c3ccccc3)cc(-c3ccc(-c4ccc(-c5nc(-n6c7ccccc7c7ccccc76)nc(-n6c7ccccc7c7ccccc76)n5)cc4)cc3)c2)cc1. The molecule has 0 amide bonds. The highest BCUT2D eigenvalue weighted by Crippen LogP contribution is 2.36. The Kier molecular flexibility index (Phi) is 8.42. The van der Waals surface area contributed by atoms with E-state index in [0.29, 0.717) is 17.7 Å². The number of para-hydroxylation sites is 4. The number of hydrogen-bond acceptors (Lipinski definition) is 3. The van der Waals surface area contributed by atoms with Crippen LogP contribution < -0.4 is 0 Å². The van der Waals surface area contributed by atoms with Gasteiger partial charge < -0.3 is 0 Å². The van der Waals surface area contributed by atoms with E-state index < -0.39 is 0 Å². The van der Waals surface area contributed by atoms with Gasteiger partial charge in [0.25, 0.3) is 0 Å². The molecule has 0 saturated heterocycles. The van der Waals surface area contributed by atoms with Crippen molar-refractivity contribution < 1.29 is 0 Å². The Morgan fingerprint density at radius 2 is 0.500 bits per heavy atom. The van der Waals surface area contributed by atoms with Crippen LogP contribution in [0.4, 0.5) is 0 Å². The van der Waals surface area contributed by atoms with Crippen molar-refractivity contribution in [3.63, 3.8) is 0 Å². The minimum atomic E-state index is 0.565. The van der Waals surface area contributed by atoms with Gasteiger partial charge in [-0.2, -0.15) is 15.0 Å². The molecule has 0 fully saturated rings. The predicted octanol–water partition coefficient (Wildman–Crippen LogP) is 14.4. The number of hydrogen-bond donors (Lipinski definition) is 0. The standard InChI is InChI=1S/C57H37N5/c1-3-15-38(16-4-1)44-35-45(39-17-5-2-6-18-39)37-46(36-44)42-29-27-40(28-30-42)41-31-33-43(34-32-41)55-58-56(61-51-23-11-7-19-47(51)48-20-8-12-24-52(48)61)60-57(59-55)62-53-25-13-9-21-49(53)50-22-10-14-26-54(50)62/h1-37H. The van der Waals surface area contributed by atoms with Crippen molar-refractivity contribution in [3.8, 4) is 67.8 Å². The minimum absolute atomic E-state index is 0.565. The molecule has 0 aliphatic rings. The van der Waals surface area contributed by atoms with E-state index in [2.05, 4.69) is 234 Å². The molecule has 3 heterocycles. The van der Waals surface area contributed by atoms with E-state index in [0.717, 1.165) is 60.3 Å². The molecule has 0 bridgehead atoms. The first-order chi connectivity index (χ1) is 30.7. The zero-order chi connectivity index (χ0) is 41.0. The van der Waals surface area contributed by atoms with Crippen molar-refractivity contribution in [1.29, 1.82) is 0 Å².